The second kappa shape index (κ2) is 7.11. The quantitative estimate of drug-likeness (QED) is 0.925. The lowest BCUT2D eigenvalue weighted by molar-refractivity contribution is 0.0375. The molecule has 2 atom stereocenters. The van der Waals surface area contributed by atoms with E-state index in [1.54, 1.807) is 4.90 Å². The van der Waals surface area contributed by atoms with Gasteiger partial charge in [-0.25, -0.2) is 9.59 Å². The second-order valence-corrected chi connectivity index (χ2v) is 6.69. The third-order valence-corrected chi connectivity index (χ3v) is 5.14. The molecule has 0 spiro atoms. The molecule has 0 radical (unpaired) electrons. The van der Waals surface area contributed by atoms with Crippen molar-refractivity contribution < 1.29 is 14.7 Å². The Kier molecular flexibility index (Phi) is 4.92. The highest BCUT2D eigenvalue weighted by atomic mass is 16.4. The summed E-state index contributed by atoms with van der Waals surface area (Å²) in [5.74, 6) is 0. The summed E-state index contributed by atoms with van der Waals surface area (Å²) in [7, 11) is 1.82. The Morgan fingerprint density at radius 3 is 2.62 bits per heavy atom. The van der Waals surface area contributed by atoms with Crippen LogP contribution in [-0.2, 0) is 6.42 Å². The van der Waals surface area contributed by atoms with E-state index in [0.717, 1.165) is 31.4 Å². The van der Waals surface area contributed by atoms with Crippen molar-refractivity contribution >= 4 is 12.1 Å². The van der Waals surface area contributed by atoms with E-state index in [-0.39, 0.29) is 18.1 Å². The van der Waals surface area contributed by atoms with Crippen LogP contribution in [0.3, 0.4) is 0 Å². The number of benzene rings is 1. The topological polar surface area (TPSA) is 64.1 Å². The summed E-state index contributed by atoms with van der Waals surface area (Å²) in [4.78, 5) is 29.5. The molecule has 130 valence electrons. The Morgan fingerprint density at radius 1 is 1.17 bits per heavy atom. The number of hydrogen-bond donors (Lipinski definition) is 1. The first kappa shape index (κ1) is 16.6. The van der Waals surface area contributed by atoms with Gasteiger partial charge in [-0.3, -0.25) is 0 Å². The molecule has 1 aromatic carbocycles. The molecule has 6 heteroatoms. The predicted molar refractivity (Wildman–Crippen MR) is 91.0 cm³/mol. The van der Waals surface area contributed by atoms with Gasteiger partial charge in [0, 0.05) is 26.7 Å². The average Bonchev–Trinajstić information content (AvgIpc) is 2.58. The van der Waals surface area contributed by atoms with Crippen LogP contribution in [0.15, 0.2) is 30.3 Å². The van der Waals surface area contributed by atoms with Gasteiger partial charge < -0.3 is 19.8 Å². The number of carboxylic acid groups (broad SMARTS) is 1. The van der Waals surface area contributed by atoms with Crippen molar-refractivity contribution in [3.63, 3.8) is 0 Å². The molecule has 2 heterocycles. The van der Waals surface area contributed by atoms with Crippen molar-refractivity contribution in [1.29, 1.82) is 0 Å². The third kappa shape index (κ3) is 3.32. The van der Waals surface area contributed by atoms with Crippen LogP contribution in [0.2, 0.25) is 0 Å². The fourth-order valence-electron chi connectivity index (χ4n) is 3.94. The summed E-state index contributed by atoms with van der Waals surface area (Å²) in [5, 5.41) is 9.63. The molecular formula is C18H25N3O3. The van der Waals surface area contributed by atoms with Crippen LogP contribution in [0, 0.1) is 0 Å². The molecule has 2 unspecified atom stereocenters. The van der Waals surface area contributed by atoms with Crippen molar-refractivity contribution in [1.82, 2.24) is 14.7 Å². The molecule has 0 aromatic heterocycles. The molecule has 24 heavy (non-hydrogen) atoms. The zero-order valence-corrected chi connectivity index (χ0v) is 14.1. The number of rotatable bonds is 3. The Bertz CT molecular complexity index is 592. The highest BCUT2D eigenvalue weighted by Crippen LogP contribution is 2.28. The fourth-order valence-corrected chi connectivity index (χ4v) is 3.94. The molecule has 1 aromatic rings. The molecule has 6 nitrogen and oxygen atoms in total. The summed E-state index contributed by atoms with van der Waals surface area (Å²) >= 11 is 0. The highest BCUT2D eigenvalue weighted by Gasteiger charge is 2.40. The summed E-state index contributed by atoms with van der Waals surface area (Å²) < 4.78 is 0. The maximum atomic E-state index is 12.6. The summed E-state index contributed by atoms with van der Waals surface area (Å²) in [6.07, 6.45) is 2.35. The van der Waals surface area contributed by atoms with E-state index in [1.807, 2.05) is 42.3 Å². The number of amides is 3. The van der Waals surface area contributed by atoms with Crippen LogP contribution in [0.4, 0.5) is 9.59 Å². The first-order valence-corrected chi connectivity index (χ1v) is 8.63. The minimum atomic E-state index is -0.890. The van der Waals surface area contributed by atoms with Crippen molar-refractivity contribution in [2.75, 3.05) is 26.7 Å². The van der Waals surface area contributed by atoms with Crippen LogP contribution in [0.5, 0.6) is 0 Å². The molecule has 1 N–H and O–H groups in total. The van der Waals surface area contributed by atoms with Gasteiger partial charge in [0.15, 0.2) is 0 Å². The summed E-state index contributed by atoms with van der Waals surface area (Å²) in [6.45, 7) is 2.03. The van der Waals surface area contributed by atoms with Crippen molar-refractivity contribution in [2.45, 2.75) is 37.8 Å². The Balaban J connectivity index is 1.86. The fraction of sp³-hybridized carbons (Fsp3) is 0.556. The lowest BCUT2D eigenvalue weighted by Crippen LogP contribution is -2.62. The molecule has 0 aliphatic carbocycles. The van der Waals surface area contributed by atoms with E-state index >= 15 is 0 Å². The molecule has 3 amide bonds. The monoisotopic (exact) mass is 331 g/mol. The van der Waals surface area contributed by atoms with Gasteiger partial charge in [-0.1, -0.05) is 30.3 Å². The molecule has 0 saturated carbocycles. The standard InChI is InChI=1S/C18H25N3O3/c1-19-10-6-12-20(17(19)22)15-9-5-11-21(18(23)24)16(15)13-14-7-3-2-4-8-14/h2-4,7-8,15-16H,5-6,9-13H2,1H3,(H,23,24). The molecule has 2 fully saturated rings. The van der Waals surface area contributed by atoms with Gasteiger partial charge >= 0.3 is 12.1 Å². The van der Waals surface area contributed by atoms with Gasteiger partial charge in [0.05, 0.1) is 12.1 Å². The SMILES string of the molecule is CN1CCCN(C2CCCN(C(=O)O)C2Cc2ccccc2)C1=O. The summed E-state index contributed by atoms with van der Waals surface area (Å²) in [6, 6.07) is 9.73. The lowest BCUT2D eigenvalue weighted by Gasteiger charge is -2.47. The zero-order chi connectivity index (χ0) is 17.1. The molecule has 2 saturated heterocycles. The van der Waals surface area contributed by atoms with E-state index in [2.05, 4.69) is 0 Å². The number of urea groups is 1. The summed E-state index contributed by atoms with van der Waals surface area (Å²) in [5.41, 5.74) is 1.11. The van der Waals surface area contributed by atoms with E-state index in [4.69, 9.17) is 0 Å². The molecule has 2 aliphatic rings. The predicted octanol–water partition coefficient (Wildman–Crippen LogP) is 2.50. The van der Waals surface area contributed by atoms with Crippen molar-refractivity contribution in [3.05, 3.63) is 35.9 Å². The second-order valence-electron chi connectivity index (χ2n) is 6.69. The normalized spacial score (nSPS) is 25.0. The van der Waals surface area contributed by atoms with Gasteiger partial charge in [-0.05, 0) is 31.2 Å². The minimum Gasteiger partial charge on any atom is -0.465 e. The van der Waals surface area contributed by atoms with Gasteiger partial charge in [0.1, 0.15) is 0 Å². The van der Waals surface area contributed by atoms with Crippen LogP contribution < -0.4 is 0 Å². The van der Waals surface area contributed by atoms with Crippen LogP contribution in [0.1, 0.15) is 24.8 Å². The largest absolute Gasteiger partial charge is 0.465 e. The number of hydrogen-bond acceptors (Lipinski definition) is 2. The molecule has 0 bridgehead atoms. The van der Waals surface area contributed by atoms with Crippen LogP contribution in [-0.4, -0.2) is 70.7 Å². The van der Waals surface area contributed by atoms with Gasteiger partial charge in [-0.15, -0.1) is 0 Å². The Labute approximate surface area is 142 Å². The highest BCUT2D eigenvalue weighted by molar-refractivity contribution is 5.75. The Morgan fingerprint density at radius 2 is 1.92 bits per heavy atom. The molecule has 3 rings (SSSR count). The molecular weight excluding hydrogens is 306 g/mol. The third-order valence-electron chi connectivity index (χ3n) is 5.14. The average molecular weight is 331 g/mol. The van der Waals surface area contributed by atoms with Gasteiger partial charge in [-0.2, -0.15) is 0 Å². The van der Waals surface area contributed by atoms with Crippen LogP contribution in [0.25, 0.3) is 0 Å². The van der Waals surface area contributed by atoms with Gasteiger partial charge in [0.2, 0.25) is 0 Å². The smallest absolute Gasteiger partial charge is 0.407 e. The van der Waals surface area contributed by atoms with Crippen LogP contribution >= 0.6 is 0 Å². The first-order valence-electron chi connectivity index (χ1n) is 8.63. The maximum absolute atomic E-state index is 12.6. The number of piperidine rings is 1. The van der Waals surface area contributed by atoms with Crippen molar-refractivity contribution in [2.24, 2.45) is 0 Å². The first-order chi connectivity index (χ1) is 11.6. The number of nitrogens with zero attached hydrogens (tertiary/aromatic N) is 3. The number of carbonyl (C=O) groups excluding carboxylic acids is 1. The minimum absolute atomic E-state index is 0.0246. The van der Waals surface area contributed by atoms with E-state index in [0.29, 0.717) is 19.5 Å². The number of likely N-dealkylation sites (tertiary alicyclic amines) is 1. The van der Waals surface area contributed by atoms with E-state index < -0.39 is 6.09 Å². The van der Waals surface area contributed by atoms with Crippen molar-refractivity contribution in [3.8, 4) is 0 Å². The number of carbonyl (C=O) groups is 2. The Hall–Kier alpha value is -2.24. The lowest BCUT2D eigenvalue weighted by atomic mass is 9.89. The van der Waals surface area contributed by atoms with E-state index in [1.165, 1.54) is 4.90 Å². The molecule has 2 aliphatic heterocycles. The van der Waals surface area contributed by atoms with E-state index in [9.17, 15) is 14.7 Å². The van der Waals surface area contributed by atoms with Gasteiger partial charge in [0.25, 0.3) is 0 Å². The zero-order valence-electron chi connectivity index (χ0n) is 14.1. The maximum Gasteiger partial charge on any atom is 0.407 e.